The number of thiazole rings is 1. The predicted octanol–water partition coefficient (Wildman–Crippen LogP) is 1.53. The van der Waals surface area contributed by atoms with Crippen LogP contribution in [0.1, 0.15) is 18.2 Å². The molecule has 0 aliphatic carbocycles. The van der Waals surface area contributed by atoms with Crippen molar-refractivity contribution in [1.82, 2.24) is 9.55 Å². The average Bonchev–Trinajstić information content (AvgIpc) is 2.79. The van der Waals surface area contributed by atoms with Crippen molar-refractivity contribution in [3.63, 3.8) is 0 Å². The summed E-state index contributed by atoms with van der Waals surface area (Å²) in [6.45, 7) is 2.99. The van der Waals surface area contributed by atoms with Gasteiger partial charge in [0.2, 0.25) is 5.91 Å². The zero-order valence-electron chi connectivity index (χ0n) is 11.3. The van der Waals surface area contributed by atoms with Crippen molar-refractivity contribution in [2.24, 2.45) is 0 Å². The molecule has 110 valence electrons. The molecular weight excluding hydrogens is 296 g/mol. The standard InChI is InChI=1S/C12H12N4O4S/c1-7-3-4-15(11(18)10(7)16(19)20)5-9-6-21-12(14-9)13-8(2)17/h3-4,6H,5H2,1-2H3,(H,13,14,17). The minimum atomic E-state index is -0.683. The summed E-state index contributed by atoms with van der Waals surface area (Å²) in [5.41, 5.74) is -0.244. The minimum Gasteiger partial charge on any atom is -0.304 e. The van der Waals surface area contributed by atoms with Gasteiger partial charge in [0.25, 0.3) is 0 Å². The van der Waals surface area contributed by atoms with Crippen LogP contribution in [-0.2, 0) is 11.3 Å². The third kappa shape index (κ3) is 3.31. The highest BCUT2D eigenvalue weighted by Crippen LogP contribution is 2.16. The largest absolute Gasteiger partial charge is 0.336 e. The van der Waals surface area contributed by atoms with Gasteiger partial charge in [-0.25, -0.2) is 4.98 Å². The smallest absolute Gasteiger partial charge is 0.304 e. The van der Waals surface area contributed by atoms with Crippen LogP contribution in [0.3, 0.4) is 0 Å². The summed E-state index contributed by atoms with van der Waals surface area (Å²) < 4.78 is 1.22. The van der Waals surface area contributed by atoms with E-state index in [0.717, 1.165) is 0 Å². The van der Waals surface area contributed by atoms with Crippen molar-refractivity contribution in [2.75, 3.05) is 5.32 Å². The molecule has 21 heavy (non-hydrogen) atoms. The molecule has 0 fully saturated rings. The number of carbonyl (C=O) groups is 1. The van der Waals surface area contributed by atoms with Gasteiger partial charge in [-0.15, -0.1) is 11.3 Å². The van der Waals surface area contributed by atoms with Gasteiger partial charge in [-0.3, -0.25) is 19.7 Å². The topological polar surface area (TPSA) is 107 Å². The lowest BCUT2D eigenvalue weighted by Crippen LogP contribution is -2.23. The summed E-state index contributed by atoms with van der Waals surface area (Å²) in [6, 6.07) is 1.51. The van der Waals surface area contributed by atoms with Crippen molar-refractivity contribution in [1.29, 1.82) is 0 Å². The zero-order valence-corrected chi connectivity index (χ0v) is 12.1. The normalized spacial score (nSPS) is 10.4. The Labute approximate surface area is 123 Å². The maximum atomic E-state index is 12.0. The molecule has 2 aromatic heterocycles. The summed E-state index contributed by atoms with van der Waals surface area (Å²) in [6.07, 6.45) is 1.49. The van der Waals surface area contributed by atoms with E-state index in [1.54, 1.807) is 5.38 Å². The second-order valence-electron chi connectivity index (χ2n) is 4.36. The molecule has 8 nitrogen and oxygen atoms in total. The molecule has 0 unspecified atom stereocenters. The predicted molar refractivity (Wildman–Crippen MR) is 77.6 cm³/mol. The van der Waals surface area contributed by atoms with Gasteiger partial charge in [-0.2, -0.15) is 0 Å². The average molecular weight is 308 g/mol. The van der Waals surface area contributed by atoms with Gasteiger partial charge in [0.05, 0.1) is 17.2 Å². The van der Waals surface area contributed by atoms with Gasteiger partial charge in [0, 0.05) is 24.1 Å². The minimum absolute atomic E-state index is 0.107. The van der Waals surface area contributed by atoms with Gasteiger partial charge in [0.1, 0.15) is 0 Å². The number of carbonyl (C=O) groups excluding carboxylic acids is 1. The van der Waals surface area contributed by atoms with Crippen molar-refractivity contribution in [2.45, 2.75) is 20.4 Å². The molecule has 2 rings (SSSR count). The number of aryl methyl sites for hydroxylation is 1. The number of pyridine rings is 1. The molecule has 2 aromatic rings. The van der Waals surface area contributed by atoms with E-state index < -0.39 is 16.2 Å². The van der Waals surface area contributed by atoms with E-state index in [1.807, 2.05) is 0 Å². The Morgan fingerprint density at radius 2 is 2.29 bits per heavy atom. The van der Waals surface area contributed by atoms with Crippen LogP contribution in [0.15, 0.2) is 22.4 Å². The van der Waals surface area contributed by atoms with Crippen LogP contribution in [0.4, 0.5) is 10.8 Å². The first-order chi connectivity index (χ1) is 9.88. The second kappa shape index (κ2) is 5.83. The quantitative estimate of drug-likeness (QED) is 0.680. The lowest BCUT2D eigenvalue weighted by atomic mass is 10.2. The molecule has 0 spiro atoms. The van der Waals surface area contributed by atoms with Crippen LogP contribution >= 0.6 is 11.3 Å². The SMILES string of the molecule is CC(=O)Nc1nc(Cn2ccc(C)c([N+](=O)[O-])c2=O)cs1. The molecular formula is C12H12N4O4S. The molecule has 0 atom stereocenters. The summed E-state index contributed by atoms with van der Waals surface area (Å²) in [5.74, 6) is -0.237. The van der Waals surface area contributed by atoms with Crippen molar-refractivity contribution < 1.29 is 9.72 Å². The molecule has 0 saturated carbocycles. The number of rotatable bonds is 4. The van der Waals surface area contributed by atoms with Crippen molar-refractivity contribution in [3.05, 3.63) is 49.4 Å². The Kier molecular flexibility index (Phi) is 4.13. The van der Waals surface area contributed by atoms with E-state index in [0.29, 0.717) is 16.4 Å². The van der Waals surface area contributed by atoms with Crippen LogP contribution in [-0.4, -0.2) is 20.4 Å². The van der Waals surface area contributed by atoms with Crippen LogP contribution in [0.5, 0.6) is 0 Å². The summed E-state index contributed by atoms with van der Waals surface area (Å²) in [7, 11) is 0. The Balaban J connectivity index is 2.30. The molecule has 0 saturated heterocycles. The zero-order chi connectivity index (χ0) is 15.6. The van der Waals surface area contributed by atoms with Gasteiger partial charge >= 0.3 is 11.2 Å². The summed E-state index contributed by atoms with van der Waals surface area (Å²) in [4.78, 5) is 37.3. The molecule has 0 bridgehead atoms. The van der Waals surface area contributed by atoms with E-state index in [9.17, 15) is 19.7 Å². The molecule has 0 aromatic carbocycles. The third-order valence-electron chi connectivity index (χ3n) is 2.69. The number of anilines is 1. The Bertz CT molecular complexity index is 765. The molecule has 9 heteroatoms. The maximum Gasteiger partial charge on any atom is 0.336 e. The van der Waals surface area contributed by atoms with E-state index in [1.165, 1.54) is 42.0 Å². The number of aromatic nitrogens is 2. The number of hydrogen-bond acceptors (Lipinski definition) is 6. The second-order valence-corrected chi connectivity index (χ2v) is 5.22. The number of amides is 1. The van der Waals surface area contributed by atoms with Crippen molar-refractivity contribution in [3.8, 4) is 0 Å². The monoisotopic (exact) mass is 308 g/mol. The molecule has 0 radical (unpaired) electrons. The Hall–Kier alpha value is -2.55. The van der Waals surface area contributed by atoms with Gasteiger partial charge < -0.3 is 9.88 Å². The fourth-order valence-electron chi connectivity index (χ4n) is 1.76. The van der Waals surface area contributed by atoms with Crippen LogP contribution in [0, 0.1) is 17.0 Å². The molecule has 1 N–H and O–H groups in total. The van der Waals surface area contributed by atoms with Crippen LogP contribution < -0.4 is 10.9 Å². The lowest BCUT2D eigenvalue weighted by Gasteiger charge is -2.04. The van der Waals surface area contributed by atoms with E-state index in [2.05, 4.69) is 10.3 Å². The molecule has 1 amide bonds. The first kappa shape index (κ1) is 14.9. The Morgan fingerprint density at radius 1 is 1.57 bits per heavy atom. The maximum absolute atomic E-state index is 12.0. The molecule has 2 heterocycles. The van der Waals surface area contributed by atoms with Crippen LogP contribution in [0.2, 0.25) is 0 Å². The highest BCUT2D eigenvalue weighted by Gasteiger charge is 2.18. The highest BCUT2D eigenvalue weighted by atomic mass is 32.1. The number of nitrogens with zero attached hydrogens (tertiary/aromatic N) is 3. The van der Waals surface area contributed by atoms with Crippen LogP contribution in [0.25, 0.3) is 0 Å². The summed E-state index contributed by atoms with van der Waals surface area (Å²) >= 11 is 1.22. The summed E-state index contributed by atoms with van der Waals surface area (Å²) in [5, 5.41) is 15.5. The molecule has 0 aliphatic rings. The first-order valence-electron chi connectivity index (χ1n) is 5.95. The Morgan fingerprint density at radius 3 is 2.90 bits per heavy atom. The third-order valence-corrected chi connectivity index (χ3v) is 3.50. The van der Waals surface area contributed by atoms with Crippen molar-refractivity contribution >= 4 is 28.1 Å². The lowest BCUT2D eigenvalue weighted by molar-refractivity contribution is -0.387. The highest BCUT2D eigenvalue weighted by molar-refractivity contribution is 7.13. The van der Waals surface area contributed by atoms with Gasteiger partial charge in [0.15, 0.2) is 5.13 Å². The fourth-order valence-corrected chi connectivity index (χ4v) is 2.51. The number of nitrogens with one attached hydrogen (secondary N) is 1. The van der Waals surface area contributed by atoms with E-state index in [4.69, 9.17) is 0 Å². The fraction of sp³-hybridized carbons (Fsp3) is 0.250. The van der Waals surface area contributed by atoms with Gasteiger partial charge in [-0.05, 0) is 13.0 Å². The molecule has 0 aliphatic heterocycles. The van der Waals surface area contributed by atoms with E-state index in [-0.39, 0.29) is 12.5 Å². The number of hydrogen-bond donors (Lipinski definition) is 1. The first-order valence-corrected chi connectivity index (χ1v) is 6.83. The van der Waals surface area contributed by atoms with E-state index >= 15 is 0 Å². The van der Waals surface area contributed by atoms with Gasteiger partial charge in [-0.1, -0.05) is 0 Å². The number of nitro groups is 1.